The molecule has 1 heterocycles. The van der Waals surface area contributed by atoms with Crippen LogP contribution in [0.4, 0.5) is 10.7 Å². The normalized spacial score (nSPS) is 9.95. The number of rotatable bonds is 6. The minimum atomic E-state index is -0.566. The quantitative estimate of drug-likeness (QED) is 0.760. The van der Waals surface area contributed by atoms with Crippen molar-refractivity contribution >= 4 is 33.8 Å². The highest BCUT2D eigenvalue weighted by Gasteiger charge is 2.12. The average Bonchev–Trinajstić information content (AvgIpc) is 2.93. The second-order valence-electron chi connectivity index (χ2n) is 4.13. The number of nitrogens with two attached hydrogens (primary N) is 1. The van der Waals surface area contributed by atoms with Crippen molar-refractivity contribution in [1.29, 1.82) is 0 Å². The van der Waals surface area contributed by atoms with E-state index in [2.05, 4.69) is 10.6 Å². The summed E-state index contributed by atoms with van der Waals surface area (Å²) in [6.07, 6.45) is 0. The maximum atomic E-state index is 11.9. The molecule has 4 N–H and O–H groups in total. The molecule has 2 rings (SSSR count). The predicted octanol–water partition coefficient (Wildman–Crippen LogP) is 1.91. The SMILES string of the molecule is COc1ccccc1NCC(=O)Nc1sccc1C(N)=O. The highest BCUT2D eigenvalue weighted by molar-refractivity contribution is 7.14. The highest BCUT2D eigenvalue weighted by Crippen LogP contribution is 2.24. The van der Waals surface area contributed by atoms with Gasteiger partial charge in [-0.3, -0.25) is 9.59 Å². The zero-order valence-corrected chi connectivity index (χ0v) is 12.2. The standard InChI is InChI=1S/C14H15N3O3S/c1-20-11-5-3-2-4-10(11)16-8-12(18)17-14-9(13(15)19)6-7-21-14/h2-7,16H,8H2,1H3,(H2,15,19)(H,17,18). The molecule has 110 valence electrons. The van der Waals surface area contributed by atoms with Gasteiger partial charge < -0.3 is 21.1 Å². The molecule has 1 aromatic carbocycles. The number of anilines is 2. The van der Waals surface area contributed by atoms with Crippen molar-refractivity contribution in [3.8, 4) is 5.75 Å². The fraction of sp³-hybridized carbons (Fsp3) is 0.143. The second-order valence-corrected chi connectivity index (χ2v) is 5.05. The van der Waals surface area contributed by atoms with Crippen LogP contribution >= 0.6 is 11.3 Å². The monoisotopic (exact) mass is 305 g/mol. The molecule has 0 saturated heterocycles. The first-order valence-electron chi connectivity index (χ1n) is 6.16. The van der Waals surface area contributed by atoms with E-state index in [1.165, 1.54) is 11.3 Å². The third-order valence-electron chi connectivity index (χ3n) is 2.73. The molecule has 2 amide bonds. The summed E-state index contributed by atoms with van der Waals surface area (Å²) in [6, 6.07) is 8.87. The van der Waals surface area contributed by atoms with Crippen LogP contribution in [0, 0.1) is 0 Å². The number of hydrogen-bond donors (Lipinski definition) is 3. The molecule has 0 saturated carbocycles. The molecule has 7 heteroatoms. The molecule has 0 aliphatic carbocycles. The zero-order chi connectivity index (χ0) is 15.2. The zero-order valence-electron chi connectivity index (χ0n) is 11.4. The molecule has 21 heavy (non-hydrogen) atoms. The van der Waals surface area contributed by atoms with Gasteiger partial charge in [-0.25, -0.2) is 0 Å². The molecule has 0 radical (unpaired) electrons. The summed E-state index contributed by atoms with van der Waals surface area (Å²) in [5.74, 6) is -0.186. The fourth-order valence-corrected chi connectivity index (χ4v) is 2.55. The van der Waals surface area contributed by atoms with Crippen LogP contribution in [0.25, 0.3) is 0 Å². The lowest BCUT2D eigenvalue weighted by Gasteiger charge is -2.10. The Morgan fingerprint density at radius 1 is 1.29 bits per heavy atom. The van der Waals surface area contributed by atoms with Crippen LogP contribution in [0.1, 0.15) is 10.4 Å². The van der Waals surface area contributed by atoms with Crippen molar-refractivity contribution in [2.24, 2.45) is 5.73 Å². The second kappa shape index (κ2) is 6.76. The van der Waals surface area contributed by atoms with E-state index in [4.69, 9.17) is 10.5 Å². The number of thiophene rings is 1. The lowest BCUT2D eigenvalue weighted by molar-refractivity contribution is -0.114. The first-order chi connectivity index (χ1) is 10.1. The molecule has 0 atom stereocenters. The van der Waals surface area contributed by atoms with Gasteiger partial charge in [-0.15, -0.1) is 11.3 Å². The van der Waals surface area contributed by atoms with E-state index in [9.17, 15) is 9.59 Å². The van der Waals surface area contributed by atoms with Crippen molar-refractivity contribution in [3.05, 3.63) is 41.3 Å². The smallest absolute Gasteiger partial charge is 0.251 e. The third-order valence-corrected chi connectivity index (χ3v) is 3.56. The van der Waals surface area contributed by atoms with Crippen molar-refractivity contribution in [2.75, 3.05) is 24.3 Å². The van der Waals surface area contributed by atoms with Gasteiger partial charge in [-0.2, -0.15) is 0 Å². The topological polar surface area (TPSA) is 93.4 Å². The van der Waals surface area contributed by atoms with Gasteiger partial charge in [0.1, 0.15) is 10.8 Å². The van der Waals surface area contributed by atoms with Gasteiger partial charge in [0.25, 0.3) is 5.91 Å². The van der Waals surface area contributed by atoms with Crippen molar-refractivity contribution in [3.63, 3.8) is 0 Å². The number of para-hydroxylation sites is 2. The van der Waals surface area contributed by atoms with Crippen LogP contribution in [0.5, 0.6) is 5.75 Å². The van der Waals surface area contributed by atoms with E-state index in [1.807, 2.05) is 18.2 Å². The molecule has 6 nitrogen and oxygen atoms in total. The van der Waals surface area contributed by atoms with Gasteiger partial charge in [0.15, 0.2) is 0 Å². The van der Waals surface area contributed by atoms with E-state index in [1.54, 1.807) is 24.6 Å². The minimum Gasteiger partial charge on any atom is -0.495 e. The predicted molar refractivity (Wildman–Crippen MR) is 83.0 cm³/mol. The van der Waals surface area contributed by atoms with E-state index < -0.39 is 5.91 Å². The lowest BCUT2D eigenvalue weighted by atomic mass is 10.3. The molecule has 0 aliphatic heterocycles. The summed E-state index contributed by atoms with van der Waals surface area (Å²) in [4.78, 5) is 23.1. The summed E-state index contributed by atoms with van der Waals surface area (Å²) in [5.41, 5.74) is 6.25. The van der Waals surface area contributed by atoms with Gasteiger partial charge in [0.2, 0.25) is 5.91 Å². The van der Waals surface area contributed by atoms with E-state index in [0.717, 1.165) is 5.69 Å². The van der Waals surface area contributed by atoms with Crippen LogP contribution in [0.15, 0.2) is 35.7 Å². The number of carbonyl (C=O) groups is 2. The number of ether oxygens (including phenoxy) is 1. The summed E-state index contributed by atoms with van der Waals surface area (Å²) in [5, 5.41) is 7.78. The van der Waals surface area contributed by atoms with Crippen LogP contribution < -0.4 is 21.1 Å². The Kier molecular flexibility index (Phi) is 4.78. The number of amides is 2. The van der Waals surface area contributed by atoms with Gasteiger partial charge in [-0.05, 0) is 23.6 Å². The number of primary amides is 1. The number of benzene rings is 1. The Labute approximate surface area is 125 Å². The number of methoxy groups -OCH3 is 1. The molecule has 0 aliphatic rings. The minimum absolute atomic E-state index is 0.0521. The Bertz CT molecular complexity index is 654. The van der Waals surface area contributed by atoms with Gasteiger partial charge >= 0.3 is 0 Å². The Morgan fingerprint density at radius 3 is 2.76 bits per heavy atom. The number of hydrogen-bond acceptors (Lipinski definition) is 5. The third kappa shape index (κ3) is 3.73. The van der Waals surface area contributed by atoms with Gasteiger partial charge in [-0.1, -0.05) is 12.1 Å². The van der Waals surface area contributed by atoms with Crippen molar-refractivity contribution < 1.29 is 14.3 Å². The molecular formula is C14H15N3O3S. The molecule has 0 bridgehead atoms. The molecule has 0 unspecified atom stereocenters. The summed E-state index contributed by atoms with van der Waals surface area (Å²) in [7, 11) is 1.56. The number of nitrogens with one attached hydrogen (secondary N) is 2. The maximum Gasteiger partial charge on any atom is 0.251 e. The first-order valence-corrected chi connectivity index (χ1v) is 7.04. The largest absolute Gasteiger partial charge is 0.495 e. The molecule has 0 fully saturated rings. The summed E-state index contributed by atoms with van der Waals surface area (Å²) in [6.45, 7) is 0.0521. The van der Waals surface area contributed by atoms with Gasteiger partial charge in [0, 0.05) is 0 Å². The van der Waals surface area contributed by atoms with E-state index in [-0.39, 0.29) is 12.5 Å². The first kappa shape index (κ1) is 14.9. The fourth-order valence-electron chi connectivity index (χ4n) is 1.74. The molecule has 2 aromatic rings. The molecule has 0 spiro atoms. The lowest BCUT2D eigenvalue weighted by Crippen LogP contribution is -2.23. The summed E-state index contributed by atoms with van der Waals surface area (Å²) >= 11 is 1.25. The van der Waals surface area contributed by atoms with Crippen LogP contribution in [0.3, 0.4) is 0 Å². The van der Waals surface area contributed by atoms with E-state index in [0.29, 0.717) is 16.3 Å². The maximum absolute atomic E-state index is 11.9. The van der Waals surface area contributed by atoms with E-state index >= 15 is 0 Å². The van der Waals surface area contributed by atoms with Gasteiger partial charge in [0.05, 0.1) is 24.9 Å². The van der Waals surface area contributed by atoms with Crippen molar-refractivity contribution in [1.82, 2.24) is 0 Å². The Morgan fingerprint density at radius 2 is 2.05 bits per heavy atom. The van der Waals surface area contributed by atoms with Crippen molar-refractivity contribution in [2.45, 2.75) is 0 Å². The van der Waals surface area contributed by atoms with Crippen LogP contribution in [-0.4, -0.2) is 25.5 Å². The molecule has 1 aromatic heterocycles. The highest BCUT2D eigenvalue weighted by atomic mass is 32.1. The van der Waals surface area contributed by atoms with Crippen LogP contribution in [0.2, 0.25) is 0 Å². The number of carbonyl (C=O) groups excluding carboxylic acids is 2. The Hall–Kier alpha value is -2.54. The Balaban J connectivity index is 1.96. The van der Waals surface area contributed by atoms with Crippen LogP contribution in [-0.2, 0) is 4.79 Å². The molecular weight excluding hydrogens is 290 g/mol. The summed E-state index contributed by atoms with van der Waals surface area (Å²) < 4.78 is 5.18. The average molecular weight is 305 g/mol.